The van der Waals surface area contributed by atoms with Crippen molar-refractivity contribution in [2.24, 2.45) is 0 Å². The molecule has 0 amide bonds. The first kappa shape index (κ1) is 16.5. The fourth-order valence-electron chi connectivity index (χ4n) is 1.95. The molecule has 0 saturated heterocycles. The van der Waals surface area contributed by atoms with Crippen LogP contribution in [-0.4, -0.2) is 19.5 Å². The van der Waals surface area contributed by atoms with Crippen LogP contribution in [0, 0.1) is 0 Å². The van der Waals surface area contributed by atoms with E-state index in [4.69, 9.17) is 9.47 Å². The van der Waals surface area contributed by atoms with E-state index in [2.05, 4.69) is 13.8 Å². The van der Waals surface area contributed by atoms with E-state index in [1.807, 2.05) is 19.1 Å². The minimum Gasteiger partial charge on any atom is -0.493 e. The summed E-state index contributed by atoms with van der Waals surface area (Å²) in [6, 6.07) is 3.79. The average Bonchev–Trinajstić information content (AvgIpc) is 2.47. The third-order valence-corrected chi connectivity index (χ3v) is 3.22. The van der Waals surface area contributed by atoms with Crippen molar-refractivity contribution in [1.82, 2.24) is 0 Å². The lowest BCUT2D eigenvalue weighted by atomic mass is 10.0. The number of carbonyl (C=O) groups excluding carboxylic acids is 1. The molecule has 0 heterocycles. The second-order valence-electron chi connectivity index (χ2n) is 4.87. The van der Waals surface area contributed by atoms with Gasteiger partial charge in [0.05, 0.1) is 18.8 Å². The Morgan fingerprint density at radius 1 is 1.00 bits per heavy atom. The molecule has 1 rings (SSSR count). The van der Waals surface area contributed by atoms with Crippen LogP contribution < -0.4 is 9.47 Å². The van der Waals surface area contributed by atoms with Crippen LogP contribution in [0.25, 0.3) is 0 Å². The molecule has 0 fully saturated rings. The van der Waals surface area contributed by atoms with Gasteiger partial charge in [-0.05, 0) is 30.9 Å². The Morgan fingerprint density at radius 2 is 1.65 bits per heavy atom. The molecule has 1 aromatic rings. The zero-order valence-electron chi connectivity index (χ0n) is 12.9. The summed E-state index contributed by atoms with van der Waals surface area (Å²) >= 11 is 0. The van der Waals surface area contributed by atoms with Crippen LogP contribution in [-0.2, 0) is 6.42 Å². The van der Waals surface area contributed by atoms with Crippen molar-refractivity contribution in [3.8, 4) is 11.5 Å². The van der Waals surface area contributed by atoms with Crippen molar-refractivity contribution in [3.05, 3.63) is 23.3 Å². The molecule has 0 aliphatic rings. The van der Waals surface area contributed by atoms with Crippen LogP contribution in [0.1, 0.15) is 62.4 Å². The molecule has 20 heavy (non-hydrogen) atoms. The van der Waals surface area contributed by atoms with E-state index in [1.54, 1.807) is 0 Å². The Kier molecular flexibility index (Phi) is 7.78. The highest BCUT2D eigenvalue weighted by Gasteiger charge is 2.11. The monoisotopic (exact) mass is 278 g/mol. The number of unbranched alkanes of at least 4 members (excludes halogenated alkanes) is 2. The molecule has 0 spiro atoms. The highest BCUT2D eigenvalue weighted by Crippen LogP contribution is 2.28. The highest BCUT2D eigenvalue weighted by molar-refractivity contribution is 5.82. The summed E-state index contributed by atoms with van der Waals surface area (Å²) < 4.78 is 11.5. The molecule has 0 aliphatic carbocycles. The zero-order chi connectivity index (χ0) is 14.8. The first-order chi connectivity index (χ1) is 9.76. The number of benzene rings is 1. The number of rotatable bonds is 10. The van der Waals surface area contributed by atoms with Gasteiger partial charge in [0.2, 0.25) is 0 Å². The smallest absolute Gasteiger partial charge is 0.154 e. The number of carbonyl (C=O) groups is 1. The fraction of sp³-hybridized carbons (Fsp3) is 0.588. The molecule has 0 saturated carbocycles. The predicted molar refractivity (Wildman–Crippen MR) is 82.0 cm³/mol. The van der Waals surface area contributed by atoms with E-state index in [9.17, 15) is 4.79 Å². The van der Waals surface area contributed by atoms with Crippen molar-refractivity contribution in [2.45, 2.75) is 52.9 Å². The van der Waals surface area contributed by atoms with Gasteiger partial charge in [0.1, 0.15) is 11.5 Å². The van der Waals surface area contributed by atoms with E-state index >= 15 is 0 Å². The number of hydrogen-bond acceptors (Lipinski definition) is 3. The van der Waals surface area contributed by atoms with Crippen molar-refractivity contribution < 1.29 is 14.3 Å². The molecule has 0 bridgehead atoms. The minimum atomic E-state index is 0.638. The van der Waals surface area contributed by atoms with Gasteiger partial charge >= 0.3 is 0 Å². The minimum absolute atomic E-state index is 0.638. The Labute approximate surface area is 122 Å². The summed E-state index contributed by atoms with van der Waals surface area (Å²) in [4.78, 5) is 11.3. The third-order valence-electron chi connectivity index (χ3n) is 3.22. The second-order valence-corrected chi connectivity index (χ2v) is 4.87. The largest absolute Gasteiger partial charge is 0.493 e. The van der Waals surface area contributed by atoms with E-state index in [1.165, 1.54) is 0 Å². The average molecular weight is 278 g/mol. The van der Waals surface area contributed by atoms with Gasteiger partial charge in [-0.15, -0.1) is 0 Å². The molecule has 0 N–H and O–H groups in total. The standard InChI is InChI=1S/C17H26O3/c1-4-7-9-19-15-11-14(6-3)16(13-18)17(12-15)20-10-8-5-2/h11-13H,4-10H2,1-3H3. The quantitative estimate of drug-likeness (QED) is 0.469. The van der Waals surface area contributed by atoms with Gasteiger partial charge in [0.25, 0.3) is 0 Å². The van der Waals surface area contributed by atoms with Gasteiger partial charge in [-0.3, -0.25) is 4.79 Å². The summed E-state index contributed by atoms with van der Waals surface area (Å²) in [7, 11) is 0. The molecular formula is C17H26O3. The van der Waals surface area contributed by atoms with Crippen LogP contribution in [0.4, 0.5) is 0 Å². The maximum absolute atomic E-state index is 11.3. The SMILES string of the molecule is CCCCOc1cc(CC)c(C=O)c(OCCCC)c1. The summed E-state index contributed by atoms with van der Waals surface area (Å²) in [6.45, 7) is 7.63. The molecule has 0 aromatic heterocycles. The van der Waals surface area contributed by atoms with Crippen molar-refractivity contribution in [3.63, 3.8) is 0 Å². The second kappa shape index (κ2) is 9.40. The van der Waals surface area contributed by atoms with Crippen LogP contribution in [0.2, 0.25) is 0 Å². The number of aryl methyl sites for hydroxylation is 1. The molecule has 112 valence electrons. The van der Waals surface area contributed by atoms with E-state index in [-0.39, 0.29) is 0 Å². The normalized spacial score (nSPS) is 10.3. The number of hydrogen-bond donors (Lipinski definition) is 0. The molecule has 1 aromatic carbocycles. The first-order valence-corrected chi connectivity index (χ1v) is 7.64. The Bertz CT molecular complexity index is 413. The molecule has 0 unspecified atom stereocenters. The van der Waals surface area contributed by atoms with Gasteiger partial charge < -0.3 is 9.47 Å². The molecule has 3 heteroatoms. The molecular weight excluding hydrogens is 252 g/mol. The van der Waals surface area contributed by atoms with Gasteiger partial charge in [0.15, 0.2) is 6.29 Å². The lowest BCUT2D eigenvalue weighted by Crippen LogP contribution is -2.04. The number of ether oxygens (including phenoxy) is 2. The number of aldehydes is 1. The summed E-state index contributed by atoms with van der Waals surface area (Å²) in [5.41, 5.74) is 1.65. The van der Waals surface area contributed by atoms with Crippen LogP contribution in [0.15, 0.2) is 12.1 Å². The lowest BCUT2D eigenvalue weighted by molar-refractivity contribution is 0.111. The van der Waals surface area contributed by atoms with E-state index in [0.29, 0.717) is 24.5 Å². The molecule has 0 atom stereocenters. The highest BCUT2D eigenvalue weighted by atomic mass is 16.5. The molecule has 3 nitrogen and oxygen atoms in total. The summed E-state index contributed by atoms with van der Waals surface area (Å²) in [5.74, 6) is 1.45. The first-order valence-electron chi connectivity index (χ1n) is 7.64. The van der Waals surface area contributed by atoms with Crippen molar-refractivity contribution in [2.75, 3.05) is 13.2 Å². The Balaban J connectivity index is 2.91. The van der Waals surface area contributed by atoms with Crippen molar-refractivity contribution >= 4 is 6.29 Å². The summed E-state index contributed by atoms with van der Waals surface area (Å²) in [5, 5.41) is 0. The topological polar surface area (TPSA) is 35.5 Å². The van der Waals surface area contributed by atoms with E-state index in [0.717, 1.165) is 49.7 Å². The van der Waals surface area contributed by atoms with Crippen LogP contribution in [0.5, 0.6) is 11.5 Å². The third kappa shape index (κ3) is 4.87. The predicted octanol–water partition coefficient (Wildman–Crippen LogP) is 4.42. The van der Waals surface area contributed by atoms with Crippen LogP contribution >= 0.6 is 0 Å². The van der Waals surface area contributed by atoms with E-state index < -0.39 is 0 Å². The summed E-state index contributed by atoms with van der Waals surface area (Å²) in [6.07, 6.45) is 5.87. The molecule has 0 radical (unpaired) electrons. The maximum atomic E-state index is 11.3. The lowest BCUT2D eigenvalue weighted by Gasteiger charge is -2.14. The van der Waals surface area contributed by atoms with Crippen LogP contribution in [0.3, 0.4) is 0 Å². The Hall–Kier alpha value is -1.51. The van der Waals surface area contributed by atoms with Gasteiger partial charge in [-0.2, -0.15) is 0 Å². The fourth-order valence-corrected chi connectivity index (χ4v) is 1.95. The Morgan fingerprint density at radius 3 is 2.20 bits per heavy atom. The maximum Gasteiger partial charge on any atom is 0.154 e. The van der Waals surface area contributed by atoms with Gasteiger partial charge in [-0.1, -0.05) is 33.6 Å². The van der Waals surface area contributed by atoms with Crippen molar-refractivity contribution in [1.29, 1.82) is 0 Å². The van der Waals surface area contributed by atoms with Gasteiger partial charge in [-0.25, -0.2) is 0 Å². The zero-order valence-corrected chi connectivity index (χ0v) is 12.9. The van der Waals surface area contributed by atoms with Gasteiger partial charge in [0, 0.05) is 6.07 Å². The molecule has 0 aliphatic heterocycles.